The molecule has 0 aromatic heterocycles. The molecule has 1 rings (SSSR count). The van der Waals surface area contributed by atoms with Gasteiger partial charge in [0, 0.05) is 0 Å². The van der Waals surface area contributed by atoms with E-state index in [1.807, 2.05) is 0 Å². The van der Waals surface area contributed by atoms with E-state index in [9.17, 15) is 4.79 Å². The second-order valence-corrected chi connectivity index (χ2v) is 2.18. The van der Waals surface area contributed by atoms with Crippen LogP contribution >= 0.6 is 0 Å². The highest BCUT2D eigenvalue weighted by atomic mass is 16.4. The van der Waals surface area contributed by atoms with Gasteiger partial charge in [0.15, 0.2) is 0 Å². The van der Waals surface area contributed by atoms with Crippen molar-refractivity contribution in [1.29, 1.82) is 0 Å². The number of aliphatic carboxylic acids is 1. The summed E-state index contributed by atoms with van der Waals surface area (Å²) in [6.45, 7) is 0. The average molecular weight is 150 g/mol. The van der Waals surface area contributed by atoms with Gasteiger partial charge in [-0.2, -0.15) is 0 Å². The second kappa shape index (κ2) is 3.16. The first kappa shape index (κ1) is 7.75. The number of benzene rings is 1. The molecule has 0 heterocycles. The Balaban J connectivity index is 2.85. The van der Waals surface area contributed by atoms with Gasteiger partial charge >= 0.3 is 5.97 Å². The van der Waals surface area contributed by atoms with Gasteiger partial charge in [0.2, 0.25) is 0 Å². The maximum Gasteiger partial charge on any atom is 0.326 e. The highest BCUT2D eigenvalue weighted by molar-refractivity contribution is 5.74. The molecule has 0 spiro atoms. The number of nitrogens with one attached hydrogen (secondary N) is 1. The van der Waals surface area contributed by atoms with Gasteiger partial charge in [0.1, 0.15) is 6.04 Å². The van der Waals surface area contributed by atoms with Crippen molar-refractivity contribution in [3.63, 3.8) is 0 Å². The van der Waals surface area contributed by atoms with Crippen LogP contribution in [0.3, 0.4) is 0 Å². The lowest BCUT2D eigenvalue weighted by Gasteiger charge is -2.03. The van der Waals surface area contributed by atoms with Crippen molar-refractivity contribution < 1.29 is 9.90 Å². The summed E-state index contributed by atoms with van der Waals surface area (Å²) in [5.41, 5.74) is 7.68. The molecule has 0 aliphatic heterocycles. The van der Waals surface area contributed by atoms with Gasteiger partial charge < -0.3 is 5.11 Å². The number of hydrogen-bond acceptors (Lipinski definition) is 1. The molecule has 3 heteroatoms. The zero-order chi connectivity index (χ0) is 8.27. The monoisotopic (exact) mass is 150 g/mol. The van der Waals surface area contributed by atoms with Crippen molar-refractivity contribution in [3.05, 3.63) is 35.9 Å². The Morgan fingerprint density at radius 3 is 2.36 bits per heavy atom. The van der Waals surface area contributed by atoms with E-state index in [4.69, 9.17) is 10.8 Å². The van der Waals surface area contributed by atoms with Crippen LogP contribution in [0.1, 0.15) is 11.6 Å². The molecule has 1 atom stereocenters. The lowest BCUT2D eigenvalue weighted by molar-refractivity contribution is -0.138. The Kier molecular flexibility index (Phi) is 2.23. The summed E-state index contributed by atoms with van der Waals surface area (Å²) in [6.07, 6.45) is 0. The van der Waals surface area contributed by atoms with Crippen molar-refractivity contribution in [1.82, 2.24) is 5.73 Å². The number of hydrogen-bond donors (Lipinski definition) is 1. The van der Waals surface area contributed by atoms with Crippen LogP contribution in [0.4, 0.5) is 0 Å². The molecule has 1 aromatic carbocycles. The van der Waals surface area contributed by atoms with Gasteiger partial charge in [-0.3, -0.25) is 4.79 Å². The Bertz CT molecular complexity index is 246. The second-order valence-electron chi connectivity index (χ2n) is 2.18. The van der Waals surface area contributed by atoms with E-state index in [1.165, 1.54) is 0 Å². The van der Waals surface area contributed by atoms with Crippen LogP contribution in [-0.2, 0) is 4.79 Å². The predicted molar refractivity (Wildman–Crippen MR) is 39.9 cm³/mol. The molecule has 0 aliphatic carbocycles. The molecule has 1 aromatic rings. The van der Waals surface area contributed by atoms with E-state index in [0.29, 0.717) is 5.56 Å². The summed E-state index contributed by atoms with van der Waals surface area (Å²) < 4.78 is 0. The largest absolute Gasteiger partial charge is 0.480 e. The third-order valence-electron chi connectivity index (χ3n) is 1.38. The van der Waals surface area contributed by atoms with E-state index in [1.54, 1.807) is 30.3 Å². The molecule has 0 saturated carbocycles. The normalized spacial score (nSPS) is 12.5. The Morgan fingerprint density at radius 1 is 1.36 bits per heavy atom. The Hall–Kier alpha value is -1.35. The molecule has 3 nitrogen and oxygen atoms in total. The first-order valence-electron chi connectivity index (χ1n) is 3.20. The van der Waals surface area contributed by atoms with Crippen LogP contribution in [0, 0.1) is 0 Å². The van der Waals surface area contributed by atoms with Crippen LogP contribution in [0.5, 0.6) is 0 Å². The fourth-order valence-corrected chi connectivity index (χ4v) is 0.788. The summed E-state index contributed by atoms with van der Waals surface area (Å²) in [4.78, 5) is 10.3. The number of carboxylic acid groups (broad SMARTS) is 1. The summed E-state index contributed by atoms with van der Waals surface area (Å²) in [5, 5.41) is 8.45. The predicted octanol–water partition coefficient (Wildman–Crippen LogP) is 1.10. The molecule has 1 radical (unpaired) electrons. The van der Waals surface area contributed by atoms with E-state index in [2.05, 4.69) is 0 Å². The molecule has 0 saturated heterocycles. The average Bonchev–Trinajstić information content (AvgIpc) is 2.05. The van der Waals surface area contributed by atoms with Gasteiger partial charge in [-0.25, -0.2) is 5.73 Å². The zero-order valence-electron chi connectivity index (χ0n) is 5.82. The highest BCUT2D eigenvalue weighted by Gasteiger charge is 2.13. The van der Waals surface area contributed by atoms with Crippen molar-refractivity contribution in [2.24, 2.45) is 0 Å². The molecule has 0 unspecified atom stereocenters. The van der Waals surface area contributed by atoms with Crippen LogP contribution in [0.15, 0.2) is 30.3 Å². The fourth-order valence-electron chi connectivity index (χ4n) is 0.788. The van der Waals surface area contributed by atoms with Gasteiger partial charge in [-0.1, -0.05) is 30.3 Å². The number of carboxylic acids is 1. The van der Waals surface area contributed by atoms with E-state index < -0.39 is 12.0 Å². The third kappa shape index (κ3) is 1.78. The molecule has 0 amide bonds. The maximum absolute atomic E-state index is 10.3. The molecule has 0 fully saturated rings. The first-order valence-corrected chi connectivity index (χ1v) is 3.20. The van der Waals surface area contributed by atoms with Crippen molar-refractivity contribution >= 4 is 5.97 Å². The minimum atomic E-state index is -1.16. The van der Waals surface area contributed by atoms with Gasteiger partial charge in [-0.15, -0.1) is 0 Å². The molecule has 0 aliphatic rings. The zero-order valence-corrected chi connectivity index (χ0v) is 5.82. The minimum Gasteiger partial charge on any atom is -0.480 e. The Morgan fingerprint density at radius 2 is 1.91 bits per heavy atom. The molecular weight excluding hydrogens is 142 g/mol. The third-order valence-corrected chi connectivity index (χ3v) is 1.38. The summed E-state index contributed by atoms with van der Waals surface area (Å²) >= 11 is 0. The van der Waals surface area contributed by atoms with E-state index in [0.717, 1.165) is 0 Å². The summed E-state index contributed by atoms with van der Waals surface area (Å²) in [5.74, 6) is -1.11. The van der Waals surface area contributed by atoms with Crippen molar-refractivity contribution in [2.45, 2.75) is 6.04 Å². The molecule has 57 valence electrons. The quantitative estimate of drug-likeness (QED) is 0.686. The van der Waals surface area contributed by atoms with Gasteiger partial charge in [0.25, 0.3) is 0 Å². The van der Waals surface area contributed by atoms with Gasteiger partial charge in [-0.05, 0) is 5.56 Å². The van der Waals surface area contributed by atoms with Crippen LogP contribution in [0.25, 0.3) is 0 Å². The van der Waals surface area contributed by atoms with E-state index in [-0.39, 0.29) is 0 Å². The highest BCUT2D eigenvalue weighted by Crippen LogP contribution is 2.10. The molecule has 2 N–H and O–H groups in total. The standard InChI is InChI=1S/C8H8NO2/c9-7(8(10)11)6-4-2-1-3-5-6/h1-5,7,9H,(H,10,11)/t7-/m0/s1. The topological polar surface area (TPSA) is 61.1 Å². The number of carbonyl (C=O) groups is 1. The fraction of sp³-hybridized carbons (Fsp3) is 0.125. The lowest BCUT2D eigenvalue weighted by atomic mass is 10.1. The summed E-state index contributed by atoms with van der Waals surface area (Å²) in [6, 6.07) is 7.34. The van der Waals surface area contributed by atoms with Crippen molar-refractivity contribution in [2.75, 3.05) is 0 Å². The maximum atomic E-state index is 10.3. The smallest absolute Gasteiger partial charge is 0.326 e. The van der Waals surface area contributed by atoms with Crippen LogP contribution in [0.2, 0.25) is 0 Å². The van der Waals surface area contributed by atoms with Crippen LogP contribution < -0.4 is 5.73 Å². The Labute approximate surface area is 64.5 Å². The SMILES string of the molecule is [NH][C@H](C(=O)O)c1ccccc1. The minimum absolute atomic E-state index is 0.514. The van der Waals surface area contributed by atoms with Gasteiger partial charge in [0.05, 0.1) is 0 Å². The molecular formula is C8H8NO2. The van der Waals surface area contributed by atoms with Crippen LogP contribution in [-0.4, -0.2) is 11.1 Å². The van der Waals surface area contributed by atoms with E-state index >= 15 is 0 Å². The number of rotatable bonds is 2. The molecule has 0 bridgehead atoms. The summed E-state index contributed by atoms with van der Waals surface area (Å²) in [7, 11) is 0. The molecule has 11 heavy (non-hydrogen) atoms. The van der Waals surface area contributed by atoms with Crippen molar-refractivity contribution in [3.8, 4) is 0 Å². The first-order chi connectivity index (χ1) is 5.22. The lowest BCUT2D eigenvalue weighted by Crippen LogP contribution is -2.11.